The minimum Gasteiger partial charge on any atom is -0.298 e. The van der Waals surface area contributed by atoms with Crippen LogP contribution >= 0.6 is 0 Å². The Morgan fingerprint density at radius 2 is 0.846 bits per heavy atom. The van der Waals surface area contributed by atoms with Crippen LogP contribution in [-0.2, 0) is 0 Å². The summed E-state index contributed by atoms with van der Waals surface area (Å²) >= 11 is 0. The van der Waals surface area contributed by atoms with Crippen molar-refractivity contribution in [1.29, 1.82) is 0 Å². The average Bonchev–Trinajstić information content (AvgIpc) is 2.73. The molecule has 2 heteroatoms. The standard InChI is InChI=1S/C24H16O2/c25-15-17-5-9-19(10-6-17)21-13-14-22(24-4-2-1-3-23(21)24)20-11-7-18(16-26)8-12-20/h1-16H. The van der Waals surface area contributed by atoms with E-state index in [2.05, 4.69) is 24.3 Å². The first-order valence-corrected chi connectivity index (χ1v) is 8.43. The van der Waals surface area contributed by atoms with Gasteiger partial charge in [0.25, 0.3) is 0 Å². The Hall–Kier alpha value is -3.52. The Balaban J connectivity index is 1.89. The molecule has 0 saturated heterocycles. The van der Waals surface area contributed by atoms with Gasteiger partial charge in [0.1, 0.15) is 12.6 Å². The summed E-state index contributed by atoms with van der Waals surface area (Å²) in [6, 6.07) is 27.8. The topological polar surface area (TPSA) is 34.1 Å². The summed E-state index contributed by atoms with van der Waals surface area (Å²) in [5.41, 5.74) is 5.76. The van der Waals surface area contributed by atoms with Gasteiger partial charge < -0.3 is 0 Å². The Labute approximate surface area is 151 Å². The van der Waals surface area contributed by atoms with Crippen molar-refractivity contribution >= 4 is 23.3 Å². The molecule has 124 valence electrons. The van der Waals surface area contributed by atoms with E-state index in [-0.39, 0.29) is 0 Å². The zero-order valence-electron chi connectivity index (χ0n) is 14.1. The minimum absolute atomic E-state index is 0.671. The van der Waals surface area contributed by atoms with Crippen LogP contribution in [0.4, 0.5) is 0 Å². The molecule has 0 aliphatic rings. The second-order valence-corrected chi connectivity index (χ2v) is 6.19. The predicted octanol–water partition coefficient (Wildman–Crippen LogP) is 5.80. The number of carbonyl (C=O) groups is 2. The van der Waals surface area contributed by atoms with E-state index in [4.69, 9.17) is 0 Å². The Bertz CT molecular complexity index is 1000. The SMILES string of the molecule is O=Cc1ccc(-c2ccc(-c3ccc(C=O)cc3)c3ccccc23)cc1. The van der Waals surface area contributed by atoms with E-state index in [1.807, 2.05) is 60.7 Å². The summed E-state index contributed by atoms with van der Waals surface area (Å²) in [5.74, 6) is 0. The van der Waals surface area contributed by atoms with Crippen molar-refractivity contribution in [1.82, 2.24) is 0 Å². The molecule has 0 bridgehead atoms. The van der Waals surface area contributed by atoms with Gasteiger partial charge in [-0.1, -0.05) is 84.9 Å². The van der Waals surface area contributed by atoms with Gasteiger partial charge in [-0.25, -0.2) is 0 Å². The van der Waals surface area contributed by atoms with Crippen LogP contribution in [0.15, 0.2) is 84.9 Å². The predicted molar refractivity (Wildman–Crippen MR) is 106 cm³/mol. The molecule has 0 aromatic heterocycles. The molecule has 4 aromatic carbocycles. The minimum atomic E-state index is 0.671. The van der Waals surface area contributed by atoms with E-state index >= 15 is 0 Å². The van der Waals surface area contributed by atoms with Gasteiger partial charge in [0.05, 0.1) is 0 Å². The van der Waals surface area contributed by atoms with E-state index < -0.39 is 0 Å². The third-order valence-electron chi connectivity index (χ3n) is 4.64. The average molecular weight is 336 g/mol. The zero-order valence-corrected chi connectivity index (χ0v) is 14.1. The number of hydrogen-bond donors (Lipinski definition) is 0. The first-order valence-electron chi connectivity index (χ1n) is 8.43. The fourth-order valence-corrected chi connectivity index (χ4v) is 3.29. The second kappa shape index (κ2) is 6.77. The van der Waals surface area contributed by atoms with Crippen LogP contribution in [0.25, 0.3) is 33.0 Å². The van der Waals surface area contributed by atoms with Crippen LogP contribution in [0, 0.1) is 0 Å². The molecule has 0 saturated carbocycles. The van der Waals surface area contributed by atoms with Crippen molar-refractivity contribution in [3.8, 4) is 22.3 Å². The van der Waals surface area contributed by atoms with Crippen molar-refractivity contribution < 1.29 is 9.59 Å². The molecule has 0 aliphatic heterocycles. The molecule has 26 heavy (non-hydrogen) atoms. The molecular weight excluding hydrogens is 320 g/mol. The third-order valence-corrected chi connectivity index (χ3v) is 4.64. The molecule has 0 amide bonds. The number of carbonyl (C=O) groups excluding carboxylic acids is 2. The van der Waals surface area contributed by atoms with Gasteiger partial charge in [-0.15, -0.1) is 0 Å². The van der Waals surface area contributed by atoms with Gasteiger partial charge in [-0.3, -0.25) is 9.59 Å². The van der Waals surface area contributed by atoms with Crippen LogP contribution in [-0.4, -0.2) is 12.6 Å². The van der Waals surface area contributed by atoms with Crippen molar-refractivity contribution in [2.75, 3.05) is 0 Å². The maximum absolute atomic E-state index is 10.9. The molecule has 0 N–H and O–H groups in total. The molecule has 0 spiro atoms. The fourth-order valence-electron chi connectivity index (χ4n) is 3.29. The molecule has 4 rings (SSSR count). The Kier molecular flexibility index (Phi) is 4.16. The molecule has 0 fully saturated rings. The molecular formula is C24H16O2. The number of fused-ring (bicyclic) bond motifs is 1. The monoisotopic (exact) mass is 336 g/mol. The van der Waals surface area contributed by atoms with Gasteiger partial charge in [0.2, 0.25) is 0 Å². The Morgan fingerprint density at radius 3 is 1.19 bits per heavy atom. The van der Waals surface area contributed by atoms with Gasteiger partial charge in [-0.2, -0.15) is 0 Å². The highest BCUT2D eigenvalue weighted by atomic mass is 16.1. The summed E-state index contributed by atoms with van der Waals surface area (Å²) in [4.78, 5) is 21.8. The maximum atomic E-state index is 10.9. The normalized spacial score (nSPS) is 10.6. The lowest BCUT2D eigenvalue weighted by Gasteiger charge is -2.12. The lowest BCUT2D eigenvalue weighted by molar-refractivity contribution is 0.111. The van der Waals surface area contributed by atoms with E-state index in [0.717, 1.165) is 45.6 Å². The van der Waals surface area contributed by atoms with E-state index in [1.165, 1.54) is 0 Å². The van der Waals surface area contributed by atoms with Crippen LogP contribution in [0.5, 0.6) is 0 Å². The molecule has 0 heterocycles. The van der Waals surface area contributed by atoms with E-state index in [9.17, 15) is 9.59 Å². The quantitative estimate of drug-likeness (QED) is 0.441. The van der Waals surface area contributed by atoms with E-state index in [1.54, 1.807) is 0 Å². The largest absolute Gasteiger partial charge is 0.298 e. The van der Waals surface area contributed by atoms with E-state index in [0.29, 0.717) is 11.1 Å². The summed E-state index contributed by atoms with van der Waals surface area (Å²) in [5, 5.41) is 2.31. The molecule has 2 nitrogen and oxygen atoms in total. The highest BCUT2D eigenvalue weighted by molar-refractivity contribution is 6.05. The molecule has 0 radical (unpaired) electrons. The van der Waals surface area contributed by atoms with Crippen LogP contribution < -0.4 is 0 Å². The highest BCUT2D eigenvalue weighted by Gasteiger charge is 2.09. The second-order valence-electron chi connectivity index (χ2n) is 6.19. The van der Waals surface area contributed by atoms with Gasteiger partial charge in [-0.05, 0) is 33.0 Å². The lowest BCUT2D eigenvalue weighted by atomic mass is 9.91. The first-order chi connectivity index (χ1) is 12.8. The third kappa shape index (κ3) is 2.82. The van der Waals surface area contributed by atoms with Crippen LogP contribution in [0.2, 0.25) is 0 Å². The number of rotatable bonds is 4. The lowest BCUT2D eigenvalue weighted by Crippen LogP contribution is -1.87. The highest BCUT2D eigenvalue weighted by Crippen LogP contribution is 2.35. The summed E-state index contributed by atoms with van der Waals surface area (Å²) in [6.07, 6.45) is 1.71. The summed E-state index contributed by atoms with van der Waals surface area (Å²) < 4.78 is 0. The number of aldehydes is 2. The van der Waals surface area contributed by atoms with Gasteiger partial charge in [0, 0.05) is 11.1 Å². The summed E-state index contributed by atoms with van der Waals surface area (Å²) in [7, 11) is 0. The van der Waals surface area contributed by atoms with Crippen LogP contribution in [0.3, 0.4) is 0 Å². The fraction of sp³-hybridized carbons (Fsp3) is 0. The molecule has 0 aliphatic carbocycles. The van der Waals surface area contributed by atoms with Crippen molar-refractivity contribution in [3.63, 3.8) is 0 Å². The van der Waals surface area contributed by atoms with Crippen molar-refractivity contribution in [2.45, 2.75) is 0 Å². The maximum Gasteiger partial charge on any atom is 0.150 e. The molecule has 4 aromatic rings. The van der Waals surface area contributed by atoms with Crippen molar-refractivity contribution in [3.05, 3.63) is 96.1 Å². The Morgan fingerprint density at radius 1 is 0.462 bits per heavy atom. The zero-order chi connectivity index (χ0) is 17.9. The van der Waals surface area contributed by atoms with Gasteiger partial charge >= 0.3 is 0 Å². The number of benzene rings is 4. The molecule has 0 unspecified atom stereocenters. The van der Waals surface area contributed by atoms with Crippen molar-refractivity contribution in [2.24, 2.45) is 0 Å². The van der Waals surface area contributed by atoms with Gasteiger partial charge in [0.15, 0.2) is 0 Å². The first kappa shape index (κ1) is 16.0. The summed E-state index contributed by atoms with van der Waals surface area (Å²) in [6.45, 7) is 0. The number of hydrogen-bond acceptors (Lipinski definition) is 2. The smallest absolute Gasteiger partial charge is 0.150 e. The van der Waals surface area contributed by atoms with Crippen LogP contribution in [0.1, 0.15) is 20.7 Å². The molecule has 0 atom stereocenters.